The molecule has 2 aromatic heterocycles. The number of fused-ring (bicyclic) bond motifs is 1. The molecule has 0 unspecified atom stereocenters. The number of hydrogen-bond acceptors (Lipinski definition) is 8. The van der Waals surface area contributed by atoms with E-state index in [4.69, 9.17) is 10.5 Å². The molecule has 10 heteroatoms. The van der Waals surface area contributed by atoms with E-state index in [1.54, 1.807) is 31.7 Å². The van der Waals surface area contributed by atoms with Crippen molar-refractivity contribution in [1.82, 2.24) is 14.9 Å². The van der Waals surface area contributed by atoms with E-state index in [1.807, 2.05) is 25.1 Å². The molecule has 0 aliphatic carbocycles. The maximum Gasteiger partial charge on any atom is 0.257 e. The number of aromatic nitrogens is 2. The topological polar surface area (TPSA) is 135 Å². The third-order valence-electron chi connectivity index (χ3n) is 6.55. The summed E-state index contributed by atoms with van der Waals surface area (Å²) in [6.45, 7) is 5.10. The summed E-state index contributed by atoms with van der Waals surface area (Å²) in [6, 6.07) is 9.21. The summed E-state index contributed by atoms with van der Waals surface area (Å²) in [7, 11) is 1.63. The van der Waals surface area contributed by atoms with Crippen LogP contribution in [0.25, 0.3) is 16.5 Å². The Labute approximate surface area is 231 Å². The van der Waals surface area contributed by atoms with E-state index in [0.717, 1.165) is 48.0 Å². The number of carbonyl (C=O) groups is 2. The average Bonchev–Trinajstić information content (AvgIpc) is 2.95. The molecule has 4 rings (SSSR count). The summed E-state index contributed by atoms with van der Waals surface area (Å²) < 4.78 is 5.02. The number of rotatable bonds is 10. The molecule has 0 bridgehead atoms. The molecule has 2 amide bonds. The number of anilines is 2. The van der Waals surface area contributed by atoms with E-state index in [9.17, 15) is 9.59 Å². The molecular weight excluding hydrogens is 494 g/mol. The lowest BCUT2D eigenvalue weighted by Crippen LogP contribution is -2.37. The Morgan fingerprint density at radius 3 is 2.67 bits per heavy atom. The second-order valence-corrected chi connectivity index (χ2v) is 9.48. The number of hydrogen-bond donors (Lipinski definition) is 3. The van der Waals surface area contributed by atoms with E-state index >= 15 is 0 Å². The lowest BCUT2D eigenvalue weighted by Gasteiger charge is -2.25. The molecule has 39 heavy (non-hydrogen) atoms. The van der Waals surface area contributed by atoms with Gasteiger partial charge in [0.05, 0.1) is 54.0 Å². The normalized spacial score (nSPS) is 14.6. The minimum absolute atomic E-state index is 0. The van der Waals surface area contributed by atoms with E-state index < -0.39 is 0 Å². The Balaban J connectivity index is 0.00000294. The maximum atomic E-state index is 13.1. The highest BCUT2D eigenvalue weighted by Crippen LogP contribution is 2.22. The van der Waals surface area contributed by atoms with Gasteiger partial charge in [-0.2, -0.15) is 0 Å². The fourth-order valence-electron chi connectivity index (χ4n) is 4.40. The minimum Gasteiger partial charge on any atom is -0.404 e. The first-order chi connectivity index (χ1) is 19.0. The van der Waals surface area contributed by atoms with Gasteiger partial charge < -0.3 is 21.1 Å². The van der Waals surface area contributed by atoms with Gasteiger partial charge in [0.1, 0.15) is 0 Å². The highest BCUT2D eigenvalue weighted by Gasteiger charge is 2.16. The predicted molar refractivity (Wildman–Crippen MR) is 159 cm³/mol. The largest absolute Gasteiger partial charge is 0.404 e. The smallest absolute Gasteiger partial charge is 0.257 e. The van der Waals surface area contributed by atoms with Gasteiger partial charge in [0.15, 0.2) is 0 Å². The molecule has 0 spiro atoms. The molecule has 0 atom stereocenters. The highest BCUT2D eigenvalue weighted by molar-refractivity contribution is 6.11. The summed E-state index contributed by atoms with van der Waals surface area (Å²) in [5, 5.41) is 6.59. The number of benzene rings is 1. The van der Waals surface area contributed by atoms with Crippen LogP contribution < -0.4 is 16.4 Å². The van der Waals surface area contributed by atoms with Gasteiger partial charge >= 0.3 is 0 Å². The first-order valence-electron chi connectivity index (χ1n) is 13.1. The number of methoxy groups -OCH3 is 1. The van der Waals surface area contributed by atoms with Crippen LogP contribution in [0.3, 0.4) is 0 Å². The number of amides is 2. The summed E-state index contributed by atoms with van der Waals surface area (Å²) in [6.07, 6.45) is 9.76. The second kappa shape index (κ2) is 13.6. The van der Waals surface area contributed by atoms with Crippen molar-refractivity contribution >= 4 is 45.9 Å². The van der Waals surface area contributed by atoms with Crippen molar-refractivity contribution < 1.29 is 17.2 Å². The molecule has 1 fully saturated rings. The van der Waals surface area contributed by atoms with Gasteiger partial charge in [-0.05, 0) is 62.7 Å². The van der Waals surface area contributed by atoms with Gasteiger partial charge in [-0.3, -0.25) is 29.4 Å². The molecule has 1 aliphatic heterocycles. The van der Waals surface area contributed by atoms with Crippen LogP contribution in [-0.4, -0.2) is 72.8 Å². The summed E-state index contributed by atoms with van der Waals surface area (Å²) in [5.41, 5.74) is 10.3. The summed E-state index contributed by atoms with van der Waals surface area (Å²) in [4.78, 5) is 41.0. The van der Waals surface area contributed by atoms with Crippen molar-refractivity contribution in [3.63, 3.8) is 0 Å². The van der Waals surface area contributed by atoms with Crippen molar-refractivity contribution in [2.45, 2.75) is 26.2 Å². The van der Waals surface area contributed by atoms with Crippen molar-refractivity contribution in [2.24, 2.45) is 10.7 Å². The Bertz CT molecular complexity index is 1390. The Morgan fingerprint density at radius 2 is 1.90 bits per heavy atom. The van der Waals surface area contributed by atoms with Crippen molar-refractivity contribution in [2.75, 3.05) is 50.5 Å². The van der Waals surface area contributed by atoms with Crippen LogP contribution >= 0.6 is 0 Å². The molecule has 0 saturated carbocycles. The number of nitrogens with one attached hydrogen (secondary N) is 2. The van der Waals surface area contributed by atoms with E-state index in [-0.39, 0.29) is 14.7 Å². The molecule has 208 valence electrons. The van der Waals surface area contributed by atoms with Crippen LogP contribution in [0.5, 0.6) is 0 Å². The van der Waals surface area contributed by atoms with Crippen LogP contribution in [0.1, 0.15) is 43.7 Å². The van der Waals surface area contributed by atoms with Gasteiger partial charge in [0.25, 0.3) is 5.91 Å². The molecule has 4 N–H and O–H groups in total. The third-order valence-corrected chi connectivity index (χ3v) is 6.55. The van der Waals surface area contributed by atoms with Crippen molar-refractivity contribution in [3.05, 3.63) is 65.7 Å². The van der Waals surface area contributed by atoms with Crippen LogP contribution in [0.15, 0.2) is 53.9 Å². The van der Waals surface area contributed by atoms with Crippen LogP contribution in [0, 0.1) is 6.92 Å². The van der Waals surface area contributed by atoms with E-state index in [2.05, 4.69) is 30.5 Å². The lowest BCUT2D eigenvalue weighted by atomic mass is 10.0. The molecule has 0 radical (unpaired) electrons. The monoisotopic (exact) mass is 533 g/mol. The zero-order valence-corrected chi connectivity index (χ0v) is 22.4. The highest BCUT2D eigenvalue weighted by atomic mass is 16.5. The number of nitrogens with zero attached hydrogens (tertiary/aromatic N) is 4. The van der Waals surface area contributed by atoms with Gasteiger partial charge in [-0.25, -0.2) is 0 Å². The Kier molecular flexibility index (Phi) is 9.71. The number of ether oxygens (including phenoxy) is 1. The van der Waals surface area contributed by atoms with Gasteiger partial charge in [-0.1, -0.05) is 12.5 Å². The molecule has 1 saturated heterocycles. The standard InChI is InChI=1S/C29H35N7O3.2H2/c1-20-27(35-28(37)19-36-9-4-3-5-10-36)14-25(18-32-20)34-29(38)23-13-22-12-21(6-7-26(22)33-17-23)24(15-30)16-31-8-11-39-2;;/h6-7,12-18H,3-5,8-11,19,30H2,1-2H3,(H,34,38)(H,35,37);2*1H/b24-15+,31-16?;;. The summed E-state index contributed by atoms with van der Waals surface area (Å²) >= 11 is 0. The van der Waals surface area contributed by atoms with Gasteiger partial charge in [0, 0.05) is 39.5 Å². The van der Waals surface area contributed by atoms with E-state index in [1.165, 1.54) is 18.8 Å². The first kappa shape index (κ1) is 27.9. The number of likely N-dealkylation sites (tertiary alicyclic amines) is 1. The molecule has 10 nitrogen and oxygen atoms in total. The molecule has 3 heterocycles. The number of carbonyl (C=O) groups excluding carboxylic acids is 2. The zero-order valence-electron chi connectivity index (χ0n) is 22.4. The molecule has 1 aromatic carbocycles. The third kappa shape index (κ3) is 7.68. The van der Waals surface area contributed by atoms with Gasteiger partial charge in [-0.15, -0.1) is 0 Å². The average molecular weight is 534 g/mol. The quantitative estimate of drug-likeness (QED) is 0.263. The second-order valence-electron chi connectivity index (χ2n) is 9.48. The molecular formula is C29H39N7O3. The van der Waals surface area contributed by atoms with Crippen molar-refractivity contribution in [3.8, 4) is 0 Å². The van der Waals surface area contributed by atoms with Crippen LogP contribution in [0.4, 0.5) is 11.4 Å². The number of nitrogens with two attached hydrogens (primary N) is 1. The predicted octanol–water partition coefficient (Wildman–Crippen LogP) is 4.12. The number of aliphatic imine (C=N–C) groups is 1. The zero-order chi connectivity index (χ0) is 27.6. The fourth-order valence-corrected chi connectivity index (χ4v) is 4.40. The summed E-state index contributed by atoms with van der Waals surface area (Å²) in [5.74, 6) is -0.420. The number of allylic oxidation sites excluding steroid dienone is 1. The lowest BCUT2D eigenvalue weighted by molar-refractivity contribution is -0.117. The Morgan fingerprint density at radius 1 is 1.10 bits per heavy atom. The van der Waals surface area contributed by atoms with E-state index in [0.29, 0.717) is 42.3 Å². The fraction of sp³-hybridized carbons (Fsp3) is 0.345. The first-order valence-corrected chi connectivity index (χ1v) is 13.1. The number of aryl methyl sites for hydroxylation is 1. The van der Waals surface area contributed by atoms with Gasteiger partial charge in [0.2, 0.25) is 5.91 Å². The molecule has 1 aliphatic rings. The van der Waals surface area contributed by atoms with Crippen LogP contribution in [0.2, 0.25) is 0 Å². The minimum atomic E-state index is -0.332. The molecule has 3 aromatic rings. The van der Waals surface area contributed by atoms with Crippen LogP contribution in [-0.2, 0) is 9.53 Å². The SMILES string of the molecule is COCCN=C/C(=C\N)c1ccc2ncc(C(=O)Nc3cnc(C)c(NC(=O)CN4CCCCC4)c3)cc2c1.[HH].[HH]. The number of piperidine rings is 1. The van der Waals surface area contributed by atoms with Crippen molar-refractivity contribution in [1.29, 1.82) is 0 Å². The Hall–Kier alpha value is -4.15. The number of pyridine rings is 2. The maximum absolute atomic E-state index is 13.1.